The van der Waals surface area contributed by atoms with E-state index in [2.05, 4.69) is 11.4 Å². The maximum Gasteiger partial charge on any atom is 0.321 e. The molecule has 0 aliphatic carbocycles. The summed E-state index contributed by atoms with van der Waals surface area (Å²) in [6.07, 6.45) is 2.23. The number of halogens is 1. The lowest BCUT2D eigenvalue weighted by molar-refractivity contribution is 0.1000. The van der Waals surface area contributed by atoms with Gasteiger partial charge in [-0.15, -0.1) is 0 Å². The highest BCUT2D eigenvalue weighted by molar-refractivity contribution is 7.99. The Morgan fingerprint density at radius 3 is 2.83 bits per heavy atom. The van der Waals surface area contributed by atoms with Crippen LogP contribution in [0.3, 0.4) is 0 Å². The van der Waals surface area contributed by atoms with Crippen molar-refractivity contribution < 1.29 is 14.3 Å². The maximum atomic E-state index is 12.4. The zero-order chi connectivity index (χ0) is 20.5. The number of likely N-dealkylation sites (N-methyl/N-ethyl adjacent to an activating group) is 1. The summed E-state index contributed by atoms with van der Waals surface area (Å²) in [6.45, 7) is 2.59. The number of amides is 2. The van der Waals surface area contributed by atoms with Crippen molar-refractivity contribution in [2.45, 2.75) is 23.8 Å². The minimum atomic E-state index is -0.158. The van der Waals surface area contributed by atoms with E-state index in [0.29, 0.717) is 29.2 Å². The number of anilines is 1. The van der Waals surface area contributed by atoms with Gasteiger partial charge in [0.1, 0.15) is 12.4 Å². The van der Waals surface area contributed by atoms with E-state index >= 15 is 0 Å². The topological polar surface area (TPSA) is 50.8 Å². The molecule has 5 nitrogen and oxygen atoms in total. The summed E-state index contributed by atoms with van der Waals surface area (Å²) in [4.78, 5) is 14.0. The van der Waals surface area contributed by atoms with E-state index < -0.39 is 0 Å². The van der Waals surface area contributed by atoms with Crippen LogP contribution in [0.15, 0.2) is 48.5 Å². The molecule has 1 aliphatic rings. The van der Waals surface area contributed by atoms with E-state index in [9.17, 15) is 4.79 Å². The van der Waals surface area contributed by atoms with Crippen LogP contribution in [0.2, 0.25) is 5.02 Å². The molecular formula is C22H27ClN2O3S. The third-order valence-electron chi connectivity index (χ3n) is 4.67. The summed E-state index contributed by atoms with van der Waals surface area (Å²) < 4.78 is 11.1. The predicted octanol–water partition coefficient (Wildman–Crippen LogP) is 5.29. The van der Waals surface area contributed by atoms with Crippen LogP contribution >= 0.6 is 23.4 Å². The number of rotatable bonds is 8. The summed E-state index contributed by atoms with van der Waals surface area (Å²) in [6, 6.07) is 15.1. The standard InChI is InChI=1S/C22H27ClN2O3S/c1-25(10-13-28-20-7-3-5-18(23)15-20)22(26)24-19-6-2-4-17(14-19)16-29-21-8-11-27-12-9-21/h2-7,14-15,21H,8-13,16H2,1H3,(H,24,26). The lowest BCUT2D eigenvalue weighted by atomic mass is 10.2. The fourth-order valence-electron chi connectivity index (χ4n) is 2.97. The normalized spacial score (nSPS) is 14.4. The Kier molecular flexibility index (Phi) is 8.52. The lowest BCUT2D eigenvalue weighted by Gasteiger charge is -2.21. The van der Waals surface area contributed by atoms with Crippen LogP contribution in [-0.2, 0) is 10.5 Å². The van der Waals surface area contributed by atoms with Crippen LogP contribution in [0.4, 0.5) is 10.5 Å². The van der Waals surface area contributed by atoms with Crippen molar-refractivity contribution in [1.82, 2.24) is 4.90 Å². The van der Waals surface area contributed by atoms with E-state index in [1.165, 1.54) is 5.56 Å². The summed E-state index contributed by atoms with van der Waals surface area (Å²) in [5.41, 5.74) is 2.02. The smallest absolute Gasteiger partial charge is 0.321 e. The molecule has 0 atom stereocenters. The molecule has 0 unspecified atom stereocenters. The fourth-order valence-corrected chi connectivity index (χ4v) is 4.29. The van der Waals surface area contributed by atoms with Crippen LogP contribution in [-0.4, -0.2) is 49.6 Å². The molecule has 0 spiro atoms. The minimum Gasteiger partial charge on any atom is -0.492 e. The summed E-state index contributed by atoms with van der Waals surface area (Å²) in [5, 5.41) is 4.25. The Hall–Kier alpha value is -1.89. The molecule has 7 heteroatoms. The number of carbonyl (C=O) groups excluding carboxylic acids is 1. The molecule has 0 radical (unpaired) electrons. The van der Waals surface area contributed by atoms with E-state index in [1.54, 1.807) is 24.1 Å². The first-order valence-corrected chi connectivity index (χ1v) is 11.2. The van der Waals surface area contributed by atoms with Crippen molar-refractivity contribution >= 4 is 35.1 Å². The molecule has 2 aromatic carbocycles. The molecule has 3 rings (SSSR count). The van der Waals surface area contributed by atoms with Gasteiger partial charge in [-0.2, -0.15) is 11.8 Å². The molecule has 2 aromatic rings. The van der Waals surface area contributed by atoms with Crippen LogP contribution in [0.25, 0.3) is 0 Å². The number of nitrogens with one attached hydrogen (secondary N) is 1. The average molecular weight is 435 g/mol. The van der Waals surface area contributed by atoms with Gasteiger partial charge in [0.15, 0.2) is 0 Å². The van der Waals surface area contributed by atoms with Crippen molar-refractivity contribution in [1.29, 1.82) is 0 Å². The highest BCUT2D eigenvalue weighted by atomic mass is 35.5. The van der Waals surface area contributed by atoms with Gasteiger partial charge in [-0.05, 0) is 48.7 Å². The maximum absolute atomic E-state index is 12.4. The monoisotopic (exact) mass is 434 g/mol. The van der Waals surface area contributed by atoms with Crippen molar-refractivity contribution in [3.05, 3.63) is 59.1 Å². The molecule has 0 bridgehead atoms. The molecule has 0 aromatic heterocycles. The van der Waals surface area contributed by atoms with Gasteiger partial charge in [-0.25, -0.2) is 4.79 Å². The highest BCUT2D eigenvalue weighted by Gasteiger charge is 2.14. The molecule has 1 N–H and O–H groups in total. The van der Waals surface area contributed by atoms with Gasteiger partial charge in [0, 0.05) is 42.0 Å². The number of carbonyl (C=O) groups is 1. The Morgan fingerprint density at radius 2 is 2.03 bits per heavy atom. The van der Waals surface area contributed by atoms with Gasteiger partial charge in [-0.3, -0.25) is 0 Å². The third kappa shape index (κ3) is 7.46. The van der Waals surface area contributed by atoms with Gasteiger partial charge in [0.2, 0.25) is 0 Å². The van der Waals surface area contributed by atoms with E-state index in [-0.39, 0.29) is 6.03 Å². The largest absolute Gasteiger partial charge is 0.492 e. The number of thioether (sulfide) groups is 1. The van der Waals surface area contributed by atoms with Crippen molar-refractivity contribution in [2.24, 2.45) is 0 Å². The first kappa shape index (κ1) is 21.8. The summed E-state index contributed by atoms with van der Waals surface area (Å²) in [7, 11) is 1.75. The number of benzene rings is 2. The molecule has 156 valence electrons. The van der Waals surface area contributed by atoms with E-state index in [0.717, 1.165) is 37.5 Å². The average Bonchev–Trinajstić information content (AvgIpc) is 2.73. The Morgan fingerprint density at radius 1 is 1.24 bits per heavy atom. The van der Waals surface area contributed by atoms with Crippen LogP contribution < -0.4 is 10.1 Å². The zero-order valence-electron chi connectivity index (χ0n) is 16.6. The molecule has 2 amide bonds. The summed E-state index contributed by atoms with van der Waals surface area (Å²) in [5.74, 6) is 1.64. The second-order valence-corrected chi connectivity index (χ2v) is 8.71. The molecule has 1 heterocycles. The first-order chi connectivity index (χ1) is 14.1. The molecule has 0 saturated carbocycles. The number of ether oxygens (including phenoxy) is 2. The Balaban J connectivity index is 1.42. The molecule has 1 saturated heterocycles. The first-order valence-electron chi connectivity index (χ1n) is 9.79. The lowest BCUT2D eigenvalue weighted by Crippen LogP contribution is -2.34. The van der Waals surface area contributed by atoms with Gasteiger partial charge in [-0.1, -0.05) is 29.8 Å². The molecule has 29 heavy (non-hydrogen) atoms. The van der Waals surface area contributed by atoms with Gasteiger partial charge in [0.25, 0.3) is 0 Å². The third-order valence-corrected chi connectivity index (χ3v) is 6.35. The number of urea groups is 1. The highest BCUT2D eigenvalue weighted by Crippen LogP contribution is 2.26. The van der Waals surface area contributed by atoms with Crippen LogP contribution in [0.1, 0.15) is 18.4 Å². The van der Waals surface area contributed by atoms with Crippen molar-refractivity contribution in [3.8, 4) is 5.75 Å². The van der Waals surface area contributed by atoms with E-state index in [4.69, 9.17) is 21.1 Å². The molecule has 1 fully saturated rings. The number of hydrogen-bond acceptors (Lipinski definition) is 4. The van der Waals surface area contributed by atoms with Gasteiger partial charge < -0.3 is 19.7 Å². The second kappa shape index (κ2) is 11.3. The second-order valence-electron chi connectivity index (χ2n) is 6.98. The number of hydrogen-bond donors (Lipinski definition) is 1. The Labute approximate surface area is 181 Å². The van der Waals surface area contributed by atoms with Crippen molar-refractivity contribution in [2.75, 3.05) is 38.7 Å². The van der Waals surface area contributed by atoms with Crippen molar-refractivity contribution in [3.63, 3.8) is 0 Å². The van der Waals surface area contributed by atoms with Gasteiger partial charge in [0.05, 0.1) is 6.54 Å². The minimum absolute atomic E-state index is 0.158. The Bertz CT molecular complexity index is 799. The van der Waals surface area contributed by atoms with Crippen LogP contribution in [0.5, 0.6) is 5.75 Å². The van der Waals surface area contributed by atoms with E-state index in [1.807, 2.05) is 42.1 Å². The fraction of sp³-hybridized carbons (Fsp3) is 0.409. The number of nitrogens with zero attached hydrogens (tertiary/aromatic N) is 1. The zero-order valence-corrected chi connectivity index (χ0v) is 18.2. The predicted molar refractivity (Wildman–Crippen MR) is 120 cm³/mol. The quantitative estimate of drug-likeness (QED) is 0.612. The molecular weight excluding hydrogens is 408 g/mol. The molecule has 1 aliphatic heterocycles. The SMILES string of the molecule is CN(CCOc1cccc(Cl)c1)C(=O)Nc1cccc(CSC2CCOCC2)c1. The summed E-state index contributed by atoms with van der Waals surface area (Å²) >= 11 is 7.91. The van der Waals surface area contributed by atoms with Gasteiger partial charge >= 0.3 is 6.03 Å². The van der Waals surface area contributed by atoms with Crippen LogP contribution in [0, 0.1) is 0 Å².